The third kappa shape index (κ3) is 3.27. The van der Waals surface area contributed by atoms with Crippen molar-refractivity contribution >= 4 is 22.5 Å². The Hall–Kier alpha value is -2.09. The van der Waals surface area contributed by atoms with Gasteiger partial charge in [-0.3, -0.25) is 0 Å². The molecule has 2 aromatic carbocycles. The molecule has 4 rings (SSSR count). The maximum Gasteiger partial charge on any atom is 0.162 e. The molecule has 1 fully saturated rings. The molecule has 0 amide bonds. The Kier molecular flexibility index (Phi) is 5.31. The van der Waals surface area contributed by atoms with Gasteiger partial charge in [0.1, 0.15) is 24.1 Å². The third-order valence-corrected chi connectivity index (χ3v) is 5.52. The van der Waals surface area contributed by atoms with E-state index in [2.05, 4.69) is 0 Å². The molecular weight excluding hydrogens is 382 g/mol. The van der Waals surface area contributed by atoms with E-state index in [4.69, 9.17) is 21.1 Å². The lowest BCUT2D eigenvalue weighted by atomic mass is 10.0. The first-order valence-corrected chi connectivity index (χ1v) is 9.44. The second kappa shape index (κ2) is 7.73. The molecule has 1 saturated heterocycles. The van der Waals surface area contributed by atoms with Gasteiger partial charge in [-0.2, -0.15) is 0 Å². The molecular formula is C21H22ClNO5. The molecule has 0 aliphatic carbocycles. The van der Waals surface area contributed by atoms with Crippen molar-refractivity contribution in [1.82, 2.24) is 4.57 Å². The van der Waals surface area contributed by atoms with Crippen LogP contribution in [0, 0.1) is 0 Å². The number of ether oxygens (including phenoxy) is 2. The monoisotopic (exact) mass is 403 g/mol. The number of methoxy groups -OCH3 is 1. The van der Waals surface area contributed by atoms with E-state index < -0.39 is 24.5 Å². The summed E-state index contributed by atoms with van der Waals surface area (Å²) in [7, 11) is 1.63. The van der Waals surface area contributed by atoms with E-state index in [1.54, 1.807) is 11.7 Å². The fourth-order valence-corrected chi connectivity index (χ4v) is 4.07. The summed E-state index contributed by atoms with van der Waals surface area (Å²) in [5, 5.41) is 31.7. The molecule has 0 unspecified atom stereocenters. The van der Waals surface area contributed by atoms with Crippen molar-refractivity contribution in [1.29, 1.82) is 0 Å². The van der Waals surface area contributed by atoms with Crippen molar-refractivity contribution in [3.05, 3.63) is 64.8 Å². The van der Waals surface area contributed by atoms with Crippen molar-refractivity contribution in [2.75, 3.05) is 13.7 Å². The van der Waals surface area contributed by atoms with Gasteiger partial charge in [0.2, 0.25) is 0 Å². The second-order valence-corrected chi connectivity index (χ2v) is 7.36. The van der Waals surface area contributed by atoms with E-state index in [0.717, 1.165) is 27.8 Å². The van der Waals surface area contributed by atoms with Gasteiger partial charge in [-0.05, 0) is 29.3 Å². The van der Waals surface area contributed by atoms with Crippen LogP contribution in [0.5, 0.6) is 5.75 Å². The minimum Gasteiger partial charge on any atom is -0.496 e. The van der Waals surface area contributed by atoms with Crippen molar-refractivity contribution in [2.24, 2.45) is 0 Å². The number of para-hydroxylation sites is 1. The summed E-state index contributed by atoms with van der Waals surface area (Å²) in [4.78, 5) is 0. The Morgan fingerprint density at radius 1 is 1.07 bits per heavy atom. The third-order valence-electron chi connectivity index (χ3n) is 5.21. The van der Waals surface area contributed by atoms with Gasteiger partial charge in [-0.15, -0.1) is 0 Å². The zero-order valence-electron chi connectivity index (χ0n) is 15.3. The summed E-state index contributed by atoms with van der Waals surface area (Å²) >= 11 is 6.51. The van der Waals surface area contributed by atoms with E-state index >= 15 is 0 Å². The van der Waals surface area contributed by atoms with Crippen LogP contribution in [0.4, 0.5) is 0 Å². The lowest BCUT2D eigenvalue weighted by molar-refractivity contribution is -0.209. The molecule has 0 saturated carbocycles. The minimum absolute atomic E-state index is 0.0645. The SMILES string of the molecule is COc1ccccc1Cc1cn([C@@H]2OC[C@@H](O)[C@H](O)[C@H]2O)c2cccc(Cl)c12. The summed E-state index contributed by atoms with van der Waals surface area (Å²) in [5.41, 5.74) is 2.73. The van der Waals surface area contributed by atoms with Gasteiger partial charge >= 0.3 is 0 Å². The Bertz CT molecular complexity index is 988. The maximum absolute atomic E-state index is 10.5. The molecule has 28 heavy (non-hydrogen) atoms. The first-order valence-electron chi connectivity index (χ1n) is 9.07. The van der Waals surface area contributed by atoms with Gasteiger partial charge < -0.3 is 29.4 Å². The zero-order chi connectivity index (χ0) is 19.8. The van der Waals surface area contributed by atoms with Crippen LogP contribution in [-0.2, 0) is 11.2 Å². The quantitative estimate of drug-likeness (QED) is 0.623. The number of benzene rings is 2. The Balaban J connectivity index is 1.80. The predicted molar refractivity (Wildman–Crippen MR) is 106 cm³/mol. The van der Waals surface area contributed by atoms with Gasteiger partial charge in [-0.25, -0.2) is 0 Å². The van der Waals surface area contributed by atoms with Gasteiger partial charge in [0.25, 0.3) is 0 Å². The number of hydrogen-bond donors (Lipinski definition) is 3. The lowest BCUT2D eigenvalue weighted by Gasteiger charge is -2.36. The Morgan fingerprint density at radius 3 is 2.64 bits per heavy atom. The number of halogens is 1. The molecule has 1 aliphatic heterocycles. The molecule has 6 nitrogen and oxygen atoms in total. The minimum atomic E-state index is -1.28. The lowest BCUT2D eigenvalue weighted by Crippen LogP contribution is -2.50. The Morgan fingerprint density at radius 2 is 1.86 bits per heavy atom. The van der Waals surface area contributed by atoms with Crippen molar-refractivity contribution in [3.63, 3.8) is 0 Å². The standard InChI is InChI=1S/C21H22ClNO5/c1-27-17-8-3-2-5-12(17)9-13-10-23(15-7-4-6-14(22)18(13)15)21-20(26)19(25)16(24)11-28-21/h2-8,10,16,19-21,24-26H,9,11H2,1H3/t16-,19+,20-,21-/m1/s1. The summed E-state index contributed by atoms with van der Waals surface area (Å²) < 4.78 is 12.9. The number of aliphatic hydroxyl groups is 3. The topological polar surface area (TPSA) is 84.1 Å². The molecule has 0 bridgehead atoms. The van der Waals surface area contributed by atoms with Crippen LogP contribution in [0.3, 0.4) is 0 Å². The summed E-state index contributed by atoms with van der Waals surface area (Å²) in [6.45, 7) is -0.0645. The number of aromatic nitrogens is 1. The maximum atomic E-state index is 10.5. The highest BCUT2D eigenvalue weighted by atomic mass is 35.5. The van der Waals surface area contributed by atoms with Crippen LogP contribution in [0.15, 0.2) is 48.7 Å². The fraction of sp³-hybridized carbons (Fsp3) is 0.333. The highest BCUT2D eigenvalue weighted by molar-refractivity contribution is 6.35. The average Bonchev–Trinajstić information content (AvgIpc) is 3.06. The van der Waals surface area contributed by atoms with Crippen LogP contribution in [-0.4, -0.2) is 51.9 Å². The molecule has 1 aromatic heterocycles. The molecule has 1 aliphatic rings. The van der Waals surface area contributed by atoms with Gasteiger partial charge in [0.05, 0.1) is 24.3 Å². The molecule has 7 heteroatoms. The zero-order valence-corrected chi connectivity index (χ0v) is 16.1. The van der Waals surface area contributed by atoms with E-state index in [-0.39, 0.29) is 6.61 Å². The number of nitrogens with zero attached hydrogens (tertiary/aromatic N) is 1. The van der Waals surface area contributed by atoms with E-state index in [9.17, 15) is 15.3 Å². The van der Waals surface area contributed by atoms with Crippen LogP contribution in [0.1, 0.15) is 17.4 Å². The first-order chi connectivity index (χ1) is 13.5. The van der Waals surface area contributed by atoms with E-state index in [0.29, 0.717) is 11.4 Å². The largest absolute Gasteiger partial charge is 0.496 e. The van der Waals surface area contributed by atoms with Gasteiger partial charge in [-0.1, -0.05) is 35.9 Å². The first kappa shape index (κ1) is 19.2. The normalized spacial score (nSPS) is 25.2. The van der Waals surface area contributed by atoms with Crippen LogP contribution < -0.4 is 4.74 Å². The van der Waals surface area contributed by atoms with Crippen LogP contribution in [0.2, 0.25) is 5.02 Å². The molecule has 3 aromatic rings. The number of hydrogen-bond acceptors (Lipinski definition) is 5. The fourth-order valence-electron chi connectivity index (χ4n) is 3.78. The van der Waals surface area contributed by atoms with E-state index in [1.165, 1.54) is 0 Å². The molecule has 0 radical (unpaired) electrons. The number of aliphatic hydroxyl groups excluding tert-OH is 3. The van der Waals surface area contributed by atoms with Crippen molar-refractivity contribution in [3.8, 4) is 5.75 Å². The van der Waals surface area contributed by atoms with Crippen molar-refractivity contribution < 1.29 is 24.8 Å². The summed E-state index contributed by atoms with van der Waals surface area (Å²) in [6.07, 6.45) is -2.05. The highest BCUT2D eigenvalue weighted by Gasteiger charge is 2.39. The second-order valence-electron chi connectivity index (χ2n) is 6.96. The molecule has 0 spiro atoms. The molecule has 148 valence electrons. The van der Waals surface area contributed by atoms with Crippen molar-refractivity contribution in [2.45, 2.75) is 31.0 Å². The predicted octanol–water partition coefficient (Wildman–Crippen LogP) is 2.51. The average molecular weight is 404 g/mol. The summed E-state index contributed by atoms with van der Waals surface area (Å²) in [5.74, 6) is 0.781. The van der Waals surface area contributed by atoms with Crippen LogP contribution in [0.25, 0.3) is 10.9 Å². The number of rotatable bonds is 4. The summed E-state index contributed by atoms with van der Waals surface area (Å²) in [6, 6.07) is 13.3. The van der Waals surface area contributed by atoms with Crippen LogP contribution >= 0.6 is 11.6 Å². The van der Waals surface area contributed by atoms with Gasteiger partial charge in [0.15, 0.2) is 6.23 Å². The molecule has 3 N–H and O–H groups in total. The Labute approximate surface area is 167 Å². The molecule has 4 atom stereocenters. The highest BCUT2D eigenvalue weighted by Crippen LogP contribution is 2.36. The van der Waals surface area contributed by atoms with E-state index in [1.807, 2.05) is 48.7 Å². The number of fused-ring (bicyclic) bond motifs is 1. The van der Waals surface area contributed by atoms with Gasteiger partial charge in [0, 0.05) is 18.0 Å². The smallest absolute Gasteiger partial charge is 0.162 e. The molecule has 2 heterocycles.